The van der Waals surface area contributed by atoms with E-state index in [1.165, 1.54) is 0 Å². The fraction of sp³-hybridized carbons (Fsp3) is 0.167. The van der Waals surface area contributed by atoms with Crippen LogP contribution in [0.3, 0.4) is 0 Å². The largest absolute Gasteiger partial charge is 0.338 e. The third-order valence-electron chi connectivity index (χ3n) is 5.22. The molecule has 5 rings (SSSR count). The molecule has 0 bridgehead atoms. The quantitative estimate of drug-likeness (QED) is 0.389. The van der Waals surface area contributed by atoms with Crippen LogP contribution in [0.4, 0.5) is 23.1 Å². The van der Waals surface area contributed by atoms with Gasteiger partial charge in [-0.3, -0.25) is 14.6 Å². The molecule has 0 aliphatic rings. The first kappa shape index (κ1) is 20.5. The number of nitrogens with one attached hydrogen (secondary N) is 2. The third-order valence-corrected chi connectivity index (χ3v) is 5.22. The maximum Gasteiger partial charge on any atom is 0.160 e. The molecular weight excluding hydrogens is 414 g/mol. The van der Waals surface area contributed by atoms with Gasteiger partial charge in [-0.15, -0.1) is 5.10 Å². The normalized spacial score (nSPS) is 11.2. The lowest BCUT2D eigenvalue weighted by molar-refractivity contribution is 0.771. The minimum Gasteiger partial charge on any atom is -0.338 e. The van der Waals surface area contributed by atoms with E-state index >= 15 is 0 Å². The van der Waals surface area contributed by atoms with Crippen molar-refractivity contribution in [3.63, 3.8) is 0 Å². The number of rotatable bonds is 6. The standard InChI is InChI=1S/C24H23N9/c1-15(2)16-11-23(31-27-13-16)30-22-5-4-20-21(29-22)10-17(12-26-20)19-14-33(3)32-24(19)28-18-6-8-25-9-7-18/h4-15H,1-3H3,(H,25,28,32)(H,29,30,31). The van der Waals surface area contributed by atoms with Gasteiger partial charge in [0.15, 0.2) is 11.6 Å². The summed E-state index contributed by atoms with van der Waals surface area (Å²) in [6.07, 6.45) is 9.06. The van der Waals surface area contributed by atoms with Crippen LogP contribution in [0.1, 0.15) is 25.3 Å². The van der Waals surface area contributed by atoms with Crippen molar-refractivity contribution in [1.29, 1.82) is 0 Å². The lowest BCUT2D eigenvalue weighted by atomic mass is 10.1. The van der Waals surface area contributed by atoms with Crippen molar-refractivity contribution in [2.24, 2.45) is 7.05 Å². The van der Waals surface area contributed by atoms with Gasteiger partial charge in [0.25, 0.3) is 0 Å². The van der Waals surface area contributed by atoms with Crippen molar-refractivity contribution >= 4 is 34.2 Å². The molecule has 0 fully saturated rings. The molecule has 164 valence electrons. The first-order chi connectivity index (χ1) is 16.0. The lowest BCUT2D eigenvalue weighted by Gasteiger charge is -2.09. The third kappa shape index (κ3) is 4.47. The number of aromatic nitrogens is 7. The van der Waals surface area contributed by atoms with Crippen molar-refractivity contribution in [2.45, 2.75) is 19.8 Å². The smallest absolute Gasteiger partial charge is 0.160 e. The molecule has 0 aliphatic carbocycles. The highest BCUT2D eigenvalue weighted by molar-refractivity contribution is 5.85. The molecule has 0 saturated heterocycles. The Hall–Kier alpha value is -4.40. The van der Waals surface area contributed by atoms with Crippen LogP contribution in [0.25, 0.3) is 22.2 Å². The summed E-state index contributed by atoms with van der Waals surface area (Å²) in [4.78, 5) is 13.4. The van der Waals surface area contributed by atoms with E-state index in [0.717, 1.165) is 39.2 Å². The van der Waals surface area contributed by atoms with Crippen molar-refractivity contribution in [3.05, 3.63) is 72.9 Å². The molecule has 5 aromatic heterocycles. The van der Waals surface area contributed by atoms with Crippen LogP contribution >= 0.6 is 0 Å². The minimum atomic E-state index is 0.367. The molecule has 0 atom stereocenters. The van der Waals surface area contributed by atoms with Gasteiger partial charge in [-0.1, -0.05) is 13.8 Å². The number of fused-ring (bicyclic) bond motifs is 1. The molecule has 0 radical (unpaired) electrons. The average Bonchev–Trinajstić information content (AvgIpc) is 3.19. The van der Waals surface area contributed by atoms with E-state index in [0.29, 0.717) is 17.6 Å². The molecule has 0 aromatic carbocycles. The van der Waals surface area contributed by atoms with E-state index < -0.39 is 0 Å². The Bertz CT molecular complexity index is 1410. The van der Waals surface area contributed by atoms with Crippen LogP contribution in [0.5, 0.6) is 0 Å². The molecule has 9 nitrogen and oxygen atoms in total. The monoisotopic (exact) mass is 437 g/mol. The molecule has 0 unspecified atom stereocenters. The summed E-state index contributed by atoms with van der Waals surface area (Å²) in [7, 11) is 1.89. The Morgan fingerprint density at radius 3 is 2.58 bits per heavy atom. The summed E-state index contributed by atoms with van der Waals surface area (Å²) in [6, 6.07) is 11.6. The van der Waals surface area contributed by atoms with E-state index in [2.05, 4.69) is 49.7 Å². The van der Waals surface area contributed by atoms with Gasteiger partial charge in [0.1, 0.15) is 5.82 Å². The van der Waals surface area contributed by atoms with Crippen LogP contribution in [0, 0.1) is 0 Å². The van der Waals surface area contributed by atoms with Crippen molar-refractivity contribution in [2.75, 3.05) is 10.6 Å². The zero-order chi connectivity index (χ0) is 22.8. The van der Waals surface area contributed by atoms with Gasteiger partial charge in [0.05, 0.1) is 17.2 Å². The molecule has 0 aliphatic heterocycles. The molecule has 5 heterocycles. The molecule has 5 aromatic rings. The second kappa shape index (κ2) is 8.62. The van der Waals surface area contributed by atoms with E-state index in [1.54, 1.807) is 23.3 Å². The molecule has 0 spiro atoms. The molecular formula is C24H23N9. The first-order valence-corrected chi connectivity index (χ1v) is 10.6. The van der Waals surface area contributed by atoms with E-state index in [9.17, 15) is 0 Å². The van der Waals surface area contributed by atoms with Crippen molar-refractivity contribution in [1.82, 2.24) is 34.9 Å². The summed E-state index contributed by atoms with van der Waals surface area (Å²) in [5.41, 5.74) is 5.44. The first-order valence-electron chi connectivity index (χ1n) is 10.6. The van der Waals surface area contributed by atoms with Gasteiger partial charge < -0.3 is 10.6 Å². The maximum absolute atomic E-state index is 4.75. The van der Waals surface area contributed by atoms with Gasteiger partial charge in [0.2, 0.25) is 0 Å². The Labute approximate surface area is 191 Å². The summed E-state index contributed by atoms with van der Waals surface area (Å²) in [5, 5.41) is 19.4. The highest BCUT2D eigenvalue weighted by Crippen LogP contribution is 2.30. The number of aryl methyl sites for hydroxylation is 1. The van der Waals surface area contributed by atoms with Gasteiger partial charge >= 0.3 is 0 Å². The Kier molecular flexibility index (Phi) is 5.35. The van der Waals surface area contributed by atoms with Crippen LogP contribution < -0.4 is 10.6 Å². The number of anilines is 4. The second-order valence-electron chi connectivity index (χ2n) is 8.04. The highest BCUT2D eigenvalue weighted by atomic mass is 15.3. The van der Waals surface area contributed by atoms with Gasteiger partial charge in [-0.25, -0.2) is 4.98 Å². The van der Waals surface area contributed by atoms with Gasteiger partial charge in [-0.2, -0.15) is 10.2 Å². The summed E-state index contributed by atoms with van der Waals surface area (Å²) in [6.45, 7) is 4.25. The average molecular weight is 438 g/mol. The predicted molar refractivity (Wildman–Crippen MR) is 129 cm³/mol. The van der Waals surface area contributed by atoms with E-state index in [4.69, 9.17) is 4.98 Å². The lowest BCUT2D eigenvalue weighted by Crippen LogP contribution is -2.00. The van der Waals surface area contributed by atoms with Gasteiger partial charge in [0, 0.05) is 48.6 Å². The zero-order valence-corrected chi connectivity index (χ0v) is 18.6. The fourth-order valence-corrected chi connectivity index (χ4v) is 3.48. The summed E-state index contributed by atoms with van der Waals surface area (Å²) in [5.74, 6) is 2.44. The maximum atomic E-state index is 4.75. The van der Waals surface area contributed by atoms with Crippen LogP contribution in [0.15, 0.2) is 67.4 Å². The second-order valence-corrected chi connectivity index (χ2v) is 8.04. The number of hydrogen-bond acceptors (Lipinski definition) is 8. The van der Waals surface area contributed by atoms with Crippen molar-refractivity contribution < 1.29 is 0 Å². The number of nitrogens with zero attached hydrogens (tertiary/aromatic N) is 7. The van der Waals surface area contributed by atoms with Crippen LogP contribution in [0.2, 0.25) is 0 Å². The molecule has 9 heteroatoms. The van der Waals surface area contributed by atoms with Gasteiger partial charge in [-0.05, 0) is 47.9 Å². The highest BCUT2D eigenvalue weighted by Gasteiger charge is 2.13. The van der Waals surface area contributed by atoms with E-state index in [-0.39, 0.29) is 0 Å². The Morgan fingerprint density at radius 1 is 0.909 bits per heavy atom. The predicted octanol–water partition coefficient (Wildman–Crippen LogP) is 4.83. The minimum absolute atomic E-state index is 0.367. The van der Waals surface area contributed by atoms with Crippen LogP contribution in [-0.4, -0.2) is 34.9 Å². The Balaban J connectivity index is 1.47. The molecule has 0 amide bonds. The molecule has 0 saturated carbocycles. The number of pyridine rings is 3. The topological polar surface area (TPSA) is 106 Å². The molecule has 2 N–H and O–H groups in total. The zero-order valence-electron chi connectivity index (χ0n) is 18.6. The fourth-order valence-electron chi connectivity index (χ4n) is 3.48. The Morgan fingerprint density at radius 2 is 1.76 bits per heavy atom. The summed E-state index contributed by atoms with van der Waals surface area (Å²) < 4.78 is 1.77. The van der Waals surface area contributed by atoms with Crippen LogP contribution in [-0.2, 0) is 7.05 Å². The SMILES string of the molecule is CC(C)c1cnnc(Nc2ccc3ncc(-c4cn(C)nc4Nc4ccncc4)cc3n2)c1. The van der Waals surface area contributed by atoms with Crippen molar-refractivity contribution in [3.8, 4) is 11.1 Å². The number of hydrogen-bond donors (Lipinski definition) is 2. The molecule has 33 heavy (non-hydrogen) atoms. The summed E-state index contributed by atoms with van der Waals surface area (Å²) >= 11 is 0. The van der Waals surface area contributed by atoms with E-state index in [1.807, 2.05) is 55.8 Å².